The molecule has 0 spiro atoms. The van der Waals surface area contributed by atoms with Gasteiger partial charge in [-0.05, 0) is 38.8 Å². The lowest BCUT2D eigenvalue weighted by atomic mass is 9.74. The zero-order valence-electron chi connectivity index (χ0n) is 13.4. The molecule has 1 saturated carbocycles. The van der Waals surface area contributed by atoms with E-state index in [0.717, 1.165) is 31.4 Å². The number of hydrogen-bond acceptors (Lipinski definition) is 3. The quantitative estimate of drug-likeness (QED) is 0.635. The normalized spacial score (nSPS) is 24.4. The Morgan fingerprint density at radius 2 is 2.05 bits per heavy atom. The van der Waals surface area contributed by atoms with Crippen LogP contribution in [0.4, 0.5) is 0 Å². The number of nitrogens with two attached hydrogens (primary N) is 1. The molecule has 2 rings (SSSR count). The van der Waals surface area contributed by atoms with Crippen molar-refractivity contribution in [2.75, 3.05) is 12.3 Å². The molecule has 1 aliphatic carbocycles. The number of aryl methyl sites for hydroxylation is 1. The molecule has 0 aromatic heterocycles. The van der Waals surface area contributed by atoms with Gasteiger partial charge in [0.1, 0.15) is 0 Å². The predicted molar refractivity (Wildman–Crippen MR) is 96.7 cm³/mol. The second-order valence-electron chi connectivity index (χ2n) is 6.26. The standard InChI is InChI=1S/C17H26N2OS.ClH/c1-13-6-8-14(9-7-13)21-12-11-19-16(20)15-5-3-4-10-17(15,2)18;/h6-9,15H,3-5,10-12,18H2,1-2H3,(H,19,20);1H. The van der Waals surface area contributed by atoms with Crippen molar-refractivity contribution in [1.29, 1.82) is 0 Å². The molecule has 0 radical (unpaired) electrons. The van der Waals surface area contributed by atoms with Crippen molar-refractivity contribution in [2.45, 2.75) is 50.0 Å². The van der Waals surface area contributed by atoms with E-state index < -0.39 is 0 Å². The summed E-state index contributed by atoms with van der Waals surface area (Å²) in [6.45, 7) is 4.80. The van der Waals surface area contributed by atoms with E-state index in [1.807, 2.05) is 6.92 Å². The highest BCUT2D eigenvalue weighted by Gasteiger charge is 2.37. The molecule has 1 fully saturated rings. The van der Waals surface area contributed by atoms with Crippen LogP contribution in [0.15, 0.2) is 29.2 Å². The highest BCUT2D eigenvalue weighted by atomic mass is 35.5. The van der Waals surface area contributed by atoms with Crippen LogP contribution in [0.2, 0.25) is 0 Å². The molecule has 2 atom stereocenters. The van der Waals surface area contributed by atoms with Crippen molar-refractivity contribution in [2.24, 2.45) is 11.7 Å². The Morgan fingerprint density at radius 1 is 1.36 bits per heavy atom. The Labute approximate surface area is 144 Å². The summed E-state index contributed by atoms with van der Waals surface area (Å²) in [5.41, 5.74) is 7.20. The molecular weight excluding hydrogens is 316 g/mol. The van der Waals surface area contributed by atoms with E-state index in [1.165, 1.54) is 10.5 Å². The fourth-order valence-corrected chi connectivity index (χ4v) is 3.66. The van der Waals surface area contributed by atoms with Crippen LogP contribution in [0.3, 0.4) is 0 Å². The molecule has 0 heterocycles. The Morgan fingerprint density at radius 3 is 2.68 bits per heavy atom. The number of rotatable bonds is 5. The van der Waals surface area contributed by atoms with E-state index in [9.17, 15) is 4.79 Å². The first-order valence-corrected chi connectivity index (χ1v) is 8.74. The van der Waals surface area contributed by atoms with Crippen molar-refractivity contribution in [3.05, 3.63) is 29.8 Å². The number of carbonyl (C=O) groups is 1. The summed E-state index contributed by atoms with van der Waals surface area (Å²) in [7, 11) is 0. The number of halogens is 1. The first-order chi connectivity index (χ1) is 9.99. The van der Waals surface area contributed by atoms with Crippen LogP contribution in [0.25, 0.3) is 0 Å². The monoisotopic (exact) mass is 342 g/mol. The number of carbonyl (C=O) groups excluding carboxylic acids is 1. The molecule has 1 amide bonds. The highest BCUT2D eigenvalue weighted by molar-refractivity contribution is 7.99. The Kier molecular flexibility index (Phi) is 7.74. The summed E-state index contributed by atoms with van der Waals surface area (Å²) in [6.07, 6.45) is 4.12. The highest BCUT2D eigenvalue weighted by Crippen LogP contribution is 2.31. The van der Waals surface area contributed by atoms with Gasteiger partial charge in [0, 0.05) is 22.7 Å². The van der Waals surface area contributed by atoms with Crippen LogP contribution in [0, 0.1) is 12.8 Å². The summed E-state index contributed by atoms with van der Waals surface area (Å²) in [6, 6.07) is 8.48. The van der Waals surface area contributed by atoms with Crippen LogP contribution in [-0.4, -0.2) is 23.7 Å². The molecule has 2 unspecified atom stereocenters. The maximum atomic E-state index is 12.3. The molecule has 124 valence electrons. The van der Waals surface area contributed by atoms with E-state index in [0.29, 0.717) is 6.54 Å². The van der Waals surface area contributed by atoms with Gasteiger partial charge in [0.05, 0.1) is 5.92 Å². The third-order valence-corrected chi connectivity index (χ3v) is 5.28. The van der Waals surface area contributed by atoms with Crippen molar-refractivity contribution >= 4 is 30.1 Å². The first kappa shape index (κ1) is 19.3. The van der Waals surface area contributed by atoms with Crippen LogP contribution in [-0.2, 0) is 4.79 Å². The SMILES string of the molecule is Cc1ccc(SCCNC(=O)C2CCCCC2(C)N)cc1.Cl. The zero-order valence-corrected chi connectivity index (χ0v) is 15.1. The summed E-state index contributed by atoms with van der Waals surface area (Å²) >= 11 is 1.77. The largest absolute Gasteiger partial charge is 0.355 e. The molecule has 0 saturated heterocycles. The van der Waals surface area contributed by atoms with E-state index in [1.54, 1.807) is 11.8 Å². The van der Waals surface area contributed by atoms with Gasteiger partial charge in [0.2, 0.25) is 5.91 Å². The molecule has 0 aliphatic heterocycles. The Bertz CT molecular complexity index is 476. The van der Waals surface area contributed by atoms with Crippen molar-refractivity contribution in [3.8, 4) is 0 Å². The molecule has 1 aromatic rings. The number of thioether (sulfide) groups is 1. The molecule has 5 heteroatoms. The van der Waals surface area contributed by atoms with Gasteiger partial charge in [0.15, 0.2) is 0 Å². The summed E-state index contributed by atoms with van der Waals surface area (Å²) in [5.74, 6) is 0.989. The maximum Gasteiger partial charge on any atom is 0.224 e. The van der Waals surface area contributed by atoms with Crippen LogP contribution in [0.1, 0.15) is 38.2 Å². The van der Waals surface area contributed by atoms with Gasteiger partial charge in [0.25, 0.3) is 0 Å². The second-order valence-corrected chi connectivity index (χ2v) is 7.43. The molecule has 1 aromatic carbocycles. The van der Waals surface area contributed by atoms with Gasteiger partial charge in [-0.1, -0.05) is 30.5 Å². The Hall–Kier alpha value is -0.710. The van der Waals surface area contributed by atoms with Crippen molar-refractivity contribution < 1.29 is 4.79 Å². The first-order valence-electron chi connectivity index (χ1n) is 7.75. The van der Waals surface area contributed by atoms with E-state index in [2.05, 4.69) is 36.5 Å². The topological polar surface area (TPSA) is 55.1 Å². The molecule has 0 bridgehead atoms. The van der Waals surface area contributed by atoms with Gasteiger partial charge < -0.3 is 11.1 Å². The molecule has 3 N–H and O–H groups in total. The lowest BCUT2D eigenvalue weighted by molar-refractivity contribution is -0.127. The smallest absolute Gasteiger partial charge is 0.224 e. The number of amides is 1. The number of benzene rings is 1. The minimum Gasteiger partial charge on any atom is -0.355 e. The van der Waals surface area contributed by atoms with E-state index >= 15 is 0 Å². The summed E-state index contributed by atoms with van der Waals surface area (Å²) < 4.78 is 0. The lowest BCUT2D eigenvalue weighted by Gasteiger charge is -2.37. The number of hydrogen-bond donors (Lipinski definition) is 2. The van der Waals surface area contributed by atoms with Crippen LogP contribution in [0.5, 0.6) is 0 Å². The van der Waals surface area contributed by atoms with Crippen molar-refractivity contribution in [1.82, 2.24) is 5.32 Å². The van der Waals surface area contributed by atoms with Gasteiger partial charge >= 0.3 is 0 Å². The second kappa shape index (κ2) is 8.80. The van der Waals surface area contributed by atoms with E-state index in [4.69, 9.17) is 5.73 Å². The van der Waals surface area contributed by atoms with E-state index in [-0.39, 0.29) is 29.8 Å². The minimum absolute atomic E-state index is 0. The predicted octanol–water partition coefficient (Wildman–Crippen LogP) is 3.53. The fourth-order valence-electron chi connectivity index (χ4n) is 2.89. The van der Waals surface area contributed by atoms with Gasteiger partial charge in [-0.15, -0.1) is 24.2 Å². The van der Waals surface area contributed by atoms with Crippen molar-refractivity contribution in [3.63, 3.8) is 0 Å². The average molecular weight is 343 g/mol. The summed E-state index contributed by atoms with van der Waals surface area (Å²) in [5, 5.41) is 3.05. The van der Waals surface area contributed by atoms with Gasteiger partial charge in [-0.2, -0.15) is 0 Å². The van der Waals surface area contributed by atoms with Crippen LogP contribution < -0.4 is 11.1 Å². The minimum atomic E-state index is -0.341. The molecular formula is C17H27ClN2OS. The maximum absolute atomic E-state index is 12.3. The third kappa shape index (κ3) is 5.49. The lowest BCUT2D eigenvalue weighted by Crippen LogP contribution is -2.53. The van der Waals surface area contributed by atoms with Crippen LogP contribution >= 0.6 is 24.2 Å². The molecule has 3 nitrogen and oxygen atoms in total. The fraction of sp³-hybridized carbons (Fsp3) is 0.588. The third-order valence-electron chi connectivity index (χ3n) is 4.26. The van der Waals surface area contributed by atoms with Gasteiger partial charge in [-0.25, -0.2) is 0 Å². The number of nitrogens with one attached hydrogen (secondary N) is 1. The molecule has 22 heavy (non-hydrogen) atoms. The molecule has 1 aliphatic rings. The Balaban J connectivity index is 0.00000242. The van der Waals surface area contributed by atoms with Gasteiger partial charge in [-0.3, -0.25) is 4.79 Å². The summed E-state index contributed by atoms with van der Waals surface area (Å²) in [4.78, 5) is 13.5. The zero-order chi connectivity index (χ0) is 15.3. The average Bonchev–Trinajstić information content (AvgIpc) is 2.45.